The van der Waals surface area contributed by atoms with Gasteiger partial charge in [0.05, 0.1) is 25.4 Å². The predicted octanol–water partition coefficient (Wildman–Crippen LogP) is 1.63. The van der Waals surface area contributed by atoms with Gasteiger partial charge in [0, 0.05) is 12.5 Å². The summed E-state index contributed by atoms with van der Waals surface area (Å²) >= 11 is 0. The third kappa shape index (κ3) is 3.68. The van der Waals surface area contributed by atoms with Crippen molar-refractivity contribution in [2.75, 3.05) is 13.2 Å². The lowest BCUT2D eigenvalue weighted by atomic mass is 9.89. The highest BCUT2D eigenvalue weighted by Crippen LogP contribution is 2.26. The van der Waals surface area contributed by atoms with E-state index in [-0.39, 0.29) is 24.2 Å². The van der Waals surface area contributed by atoms with Crippen LogP contribution in [0.1, 0.15) is 45.4 Å². The van der Waals surface area contributed by atoms with E-state index in [0.29, 0.717) is 19.6 Å². The van der Waals surface area contributed by atoms with Gasteiger partial charge in [0.25, 0.3) is 0 Å². The molecule has 0 spiro atoms. The van der Waals surface area contributed by atoms with Gasteiger partial charge in [0.2, 0.25) is 5.91 Å². The molecule has 0 bridgehead atoms. The normalized spacial score (nSPS) is 32.9. The fraction of sp³-hybridized carbons (Fsp3) is 0.923. The summed E-state index contributed by atoms with van der Waals surface area (Å²) in [5.41, 5.74) is 0. The molecule has 17 heavy (non-hydrogen) atoms. The van der Waals surface area contributed by atoms with Crippen molar-refractivity contribution in [1.29, 1.82) is 0 Å². The van der Waals surface area contributed by atoms with E-state index in [4.69, 9.17) is 9.47 Å². The molecule has 1 aliphatic carbocycles. The van der Waals surface area contributed by atoms with Crippen LogP contribution in [0.5, 0.6) is 0 Å². The molecule has 1 amide bonds. The maximum atomic E-state index is 11.6. The van der Waals surface area contributed by atoms with Gasteiger partial charge in [0.15, 0.2) is 0 Å². The first-order chi connectivity index (χ1) is 8.29. The number of fused-ring (bicyclic) bond motifs is 1. The third-order valence-electron chi connectivity index (χ3n) is 3.60. The Kier molecular flexibility index (Phi) is 4.80. The lowest BCUT2D eigenvalue weighted by molar-refractivity contribution is -0.158. The highest BCUT2D eigenvalue weighted by Gasteiger charge is 2.34. The Morgan fingerprint density at radius 1 is 1.24 bits per heavy atom. The van der Waals surface area contributed by atoms with Crippen molar-refractivity contribution in [3.05, 3.63) is 0 Å². The zero-order valence-electron chi connectivity index (χ0n) is 10.6. The first-order valence-corrected chi connectivity index (χ1v) is 6.82. The number of nitrogens with one attached hydrogen (secondary N) is 1. The average molecular weight is 241 g/mol. The second-order valence-electron chi connectivity index (χ2n) is 5.00. The number of amides is 1. The van der Waals surface area contributed by atoms with Gasteiger partial charge >= 0.3 is 0 Å². The summed E-state index contributed by atoms with van der Waals surface area (Å²) < 4.78 is 11.4. The van der Waals surface area contributed by atoms with E-state index in [1.807, 2.05) is 0 Å². The number of hydrogen-bond acceptors (Lipinski definition) is 3. The Morgan fingerprint density at radius 2 is 2.00 bits per heavy atom. The van der Waals surface area contributed by atoms with Crippen molar-refractivity contribution in [2.24, 2.45) is 0 Å². The summed E-state index contributed by atoms with van der Waals surface area (Å²) in [5.74, 6) is 0.187. The SMILES string of the molecule is CCCCC(=O)NC1CCC2OCCOC2C1. The molecule has 0 aromatic heterocycles. The van der Waals surface area contributed by atoms with Crippen molar-refractivity contribution in [3.8, 4) is 0 Å². The molecule has 0 radical (unpaired) electrons. The molecular formula is C13H23NO3. The van der Waals surface area contributed by atoms with E-state index in [1.165, 1.54) is 0 Å². The average Bonchev–Trinajstić information content (AvgIpc) is 2.36. The Morgan fingerprint density at radius 3 is 2.76 bits per heavy atom. The third-order valence-corrected chi connectivity index (χ3v) is 3.60. The van der Waals surface area contributed by atoms with E-state index in [9.17, 15) is 4.79 Å². The van der Waals surface area contributed by atoms with E-state index < -0.39 is 0 Å². The molecule has 1 aliphatic heterocycles. The number of carbonyl (C=O) groups is 1. The van der Waals surface area contributed by atoms with E-state index in [2.05, 4.69) is 12.2 Å². The Balaban J connectivity index is 1.73. The Labute approximate surface area is 103 Å². The quantitative estimate of drug-likeness (QED) is 0.813. The molecule has 98 valence electrons. The maximum Gasteiger partial charge on any atom is 0.220 e. The molecule has 3 atom stereocenters. The Bertz CT molecular complexity index is 257. The second kappa shape index (κ2) is 6.36. The molecule has 3 unspecified atom stereocenters. The summed E-state index contributed by atoms with van der Waals surface area (Å²) in [4.78, 5) is 11.6. The number of ether oxygens (including phenoxy) is 2. The summed E-state index contributed by atoms with van der Waals surface area (Å²) in [6.07, 6.45) is 6.07. The molecule has 0 aromatic carbocycles. The number of hydrogen-bond donors (Lipinski definition) is 1. The molecule has 4 heteroatoms. The topological polar surface area (TPSA) is 47.6 Å². The summed E-state index contributed by atoms with van der Waals surface area (Å²) in [6.45, 7) is 3.51. The van der Waals surface area contributed by atoms with Crippen LogP contribution in [-0.2, 0) is 14.3 Å². The van der Waals surface area contributed by atoms with Crippen LogP contribution < -0.4 is 5.32 Å². The van der Waals surface area contributed by atoms with Gasteiger partial charge in [-0.25, -0.2) is 0 Å². The van der Waals surface area contributed by atoms with Gasteiger partial charge in [-0.15, -0.1) is 0 Å². The molecule has 1 saturated carbocycles. The van der Waals surface area contributed by atoms with Crippen molar-refractivity contribution in [2.45, 2.75) is 63.7 Å². The molecular weight excluding hydrogens is 218 g/mol. The fourth-order valence-electron chi connectivity index (χ4n) is 2.63. The van der Waals surface area contributed by atoms with Gasteiger partial charge in [-0.1, -0.05) is 13.3 Å². The standard InChI is InChI=1S/C13H23NO3/c1-2-3-4-13(15)14-10-5-6-11-12(9-10)17-8-7-16-11/h10-12H,2-9H2,1H3,(H,14,15). The van der Waals surface area contributed by atoms with Gasteiger partial charge in [-0.3, -0.25) is 4.79 Å². The minimum atomic E-state index is 0.187. The predicted molar refractivity (Wildman–Crippen MR) is 64.8 cm³/mol. The van der Waals surface area contributed by atoms with E-state index in [0.717, 1.165) is 32.1 Å². The summed E-state index contributed by atoms with van der Waals surface area (Å²) in [5, 5.41) is 3.11. The molecule has 4 nitrogen and oxygen atoms in total. The number of unbranched alkanes of at least 4 members (excludes halogenated alkanes) is 1. The van der Waals surface area contributed by atoms with E-state index >= 15 is 0 Å². The molecule has 1 saturated heterocycles. The zero-order chi connectivity index (χ0) is 12.1. The lowest BCUT2D eigenvalue weighted by Gasteiger charge is -2.39. The molecule has 2 rings (SSSR count). The van der Waals surface area contributed by atoms with Crippen molar-refractivity contribution in [1.82, 2.24) is 5.32 Å². The highest BCUT2D eigenvalue weighted by atomic mass is 16.6. The first kappa shape index (κ1) is 12.8. The minimum absolute atomic E-state index is 0.187. The van der Waals surface area contributed by atoms with Crippen LogP contribution in [-0.4, -0.2) is 37.4 Å². The molecule has 1 N–H and O–H groups in total. The maximum absolute atomic E-state index is 11.6. The van der Waals surface area contributed by atoms with Crippen molar-refractivity contribution in [3.63, 3.8) is 0 Å². The number of carbonyl (C=O) groups excluding carboxylic acids is 1. The van der Waals surface area contributed by atoms with Crippen LogP contribution in [0.4, 0.5) is 0 Å². The van der Waals surface area contributed by atoms with Gasteiger partial charge in [-0.2, -0.15) is 0 Å². The number of rotatable bonds is 4. The molecule has 1 heterocycles. The van der Waals surface area contributed by atoms with Gasteiger partial charge in [0.1, 0.15) is 0 Å². The van der Waals surface area contributed by atoms with Crippen LogP contribution in [0.25, 0.3) is 0 Å². The van der Waals surface area contributed by atoms with Crippen molar-refractivity contribution < 1.29 is 14.3 Å². The molecule has 2 aliphatic rings. The monoisotopic (exact) mass is 241 g/mol. The van der Waals surface area contributed by atoms with Crippen LogP contribution in [0.3, 0.4) is 0 Å². The second-order valence-corrected chi connectivity index (χ2v) is 5.00. The minimum Gasteiger partial charge on any atom is -0.373 e. The van der Waals surface area contributed by atoms with Crippen LogP contribution in [0.2, 0.25) is 0 Å². The van der Waals surface area contributed by atoms with E-state index in [1.54, 1.807) is 0 Å². The van der Waals surface area contributed by atoms with Crippen LogP contribution in [0, 0.1) is 0 Å². The van der Waals surface area contributed by atoms with Crippen LogP contribution >= 0.6 is 0 Å². The van der Waals surface area contributed by atoms with Gasteiger partial charge < -0.3 is 14.8 Å². The fourth-order valence-corrected chi connectivity index (χ4v) is 2.63. The van der Waals surface area contributed by atoms with Gasteiger partial charge in [-0.05, 0) is 25.7 Å². The molecule has 2 fully saturated rings. The van der Waals surface area contributed by atoms with Crippen molar-refractivity contribution >= 4 is 5.91 Å². The largest absolute Gasteiger partial charge is 0.373 e. The highest BCUT2D eigenvalue weighted by molar-refractivity contribution is 5.76. The first-order valence-electron chi connectivity index (χ1n) is 6.82. The lowest BCUT2D eigenvalue weighted by Crippen LogP contribution is -2.49. The van der Waals surface area contributed by atoms with Crippen LogP contribution in [0.15, 0.2) is 0 Å². The summed E-state index contributed by atoms with van der Waals surface area (Å²) in [7, 11) is 0. The smallest absolute Gasteiger partial charge is 0.220 e. The summed E-state index contributed by atoms with van der Waals surface area (Å²) in [6, 6.07) is 0.280. The zero-order valence-corrected chi connectivity index (χ0v) is 10.6. The molecule has 0 aromatic rings. The Hall–Kier alpha value is -0.610.